The molecule has 0 unspecified atom stereocenters. The van der Waals surface area contributed by atoms with E-state index in [-0.39, 0.29) is 12.1 Å². The van der Waals surface area contributed by atoms with Crippen LogP contribution in [0.5, 0.6) is 0 Å². The Hall–Kier alpha value is -2.04. The summed E-state index contributed by atoms with van der Waals surface area (Å²) >= 11 is 0. The van der Waals surface area contributed by atoms with Crippen LogP contribution in [0.15, 0.2) is 18.2 Å². The Bertz CT molecular complexity index is 513. The lowest BCUT2D eigenvalue weighted by Gasteiger charge is -2.29. The number of nitrogens with one attached hydrogen (secondary N) is 1. The molecule has 0 radical (unpaired) electrons. The Morgan fingerprint density at radius 1 is 1.11 bits per heavy atom. The molecule has 2 rings (SSSR count). The highest BCUT2D eigenvalue weighted by Crippen LogP contribution is 2.23. The van der Waals surface area contributed by atoms with Gasteiger partial charge in [-0.25, -0.2) is 0 Å². The summed E-state index contributed by atoms with van der Waals surface area (Å²) in [5.41, 5.74) is 1.54. The van der Waals surface area contributed by atoms with Crippen LogP contribution in [0, 0.1) is 22.7 Å². The predicted molar refractivity (Wildman–Crippen MR) is 67.8 cm³/mol. The van der Waals surface area contributed by atoms with Gasteiger partial charge in [0.1, 0.15) is 12.1 Å². The molecule has 4 nitrogen and oxygen atoms in total. The van der Waals surface area contributed by atoms with Crippen LogP contribution < -0.4 is 5.32 Å². The van der Waals surface area contributed by atoms with Crippen LogP contribution in [0.1, 0.15) is 36.8 Å². The van der Waals surface area contributed by atoms with Crippen molar-refractivity contribution in [3.63, 3.8) is 0 Å². The second-order valence-corrected chi connectivity index (χ2v) is 4.59. The first-order chi connectivity index (χ1) is 8.74. The number of anilines is 1. The summed E-state index contributed by atoms with van der Waals surface area (Å²) in [4.78, 5) is 0. The third kappa shape index (κ3) is 2.61. The van der Waals surface area contributed by atoms with E-state index in [0.717, 1.165) is 31.4 Å². The number of aliphatic hydroxyl groups excluding tert-OH is 1. The summed E-state index contributed by atoms with van der Waals surface area (Å²) in [6, 6.07) is 9.12. The van der Waals surface area contributed by atoms with E-state index in [0.29, 0.717) is 11.1 Å². The van der Waals surface area contributed by atoms with Crippen molar-refractivity contribution < 1.29 is 5.11 Å². The van der Waals surface area contributed by atoms with Crippen LogP contribution in [0.4, 0.5) is 5.69 Å². The normalized spacial score (nSPS) is 22.8. The largest absolute Gasteiger partial charge is 0.391 e. The Labute approximate surface area is 106 Å². The molecule has 0 saturated heterocycles. The molecule has 2 N–H and O–H groups in total. The van der Waals surface area contributed by atoms with E-state index in [2.05, 4.69) is 5.32 Å². The van der Waals surface area contributed by atoms with Crippen LogP contribution in [-0.4, -0.2) is 17.3 Å². The van der Waals surface area contributed by atoms with E-state index in [1.807, 2.05) is 12.1 Å². The highest BCUT2D eigenvalue weighted by atomic mass is 16.3. The van der Waals surface area contributed by atoms with E-state index in [1.165, 1.54) is 0 Å². The van der Waals surface area contributed by atoms with Crippen LogP contribution in [0.2, 0.25) is 0 Å². The quantitative estimate of drug-likeness (QED) is 0.831. The maximum atomic E-state index is 9.88. The monoisotopic (exact) mass is 241 g/mol. The van der Waals surface area contributed by atoms with Gasteiger partial charge in [-0.3, -0.25) is 0 Å². The average molecular weight is 241 g/mol. The summed E-state index contributed by atoms with van der Waals surface area (Å²) in [5.74, 6) is 0. The van der Waals surface area contributed by atoms with Crippen molar-refractivity contribution in [3.8, 4) is 12.1 Å². The molecule has 1 aromatic carbocycles. The summed E-state index contributed by atoms with van der Waals surface area (Å²) < 4.78 is 0. The molecular weight excluding hydrogens is 226 g/mol. The molecule has 92 valence electrons. The molecule has 0 aromatic heterocycles. The molecule has 18 heavy (non-hydrogen) atoms. The molecule has 1 aromatic rings. The Morgan fingerprint density at radius 2 is 1.83 bits per heavy atom. The first kappa shape index (κ1) is 12.4. The van der Waals surface area contributed by atoms with E-state index < -0.39 is 0 Å². The molecule has 1 fully saturated rings. The smallest absolute Gasteiger partial charge is 0.101 e. The van der Waals surface area contributed by atoms with Gasteiger partial charge in [0, 0.05) is 5.69 Å². The topological polar surface area (TPSA) is 79.8 Å². The number of nitriles is 2. The lowest BCUT2D eigenvalue weighted by Crippen LogP contribution is -2.36. The number of rotatable bonds is 2. The fourth-order valence-electron chi connectivity index (χ4n) is 2.32. The number of benzene rings is 1. The average Bonchev–Trinajstić information content (AvgIpc) is 2.41. The summed E-state index contributed by atoms with van der Waals surface area (Å²) in [6.07, 6.45) is 3.59. The van der Waals surface area contributed by atoms with Gasteiger partial charge in [0.05, 0.1) is 23.3 Å². The maximum absolute atomic E-state index is 9.88. The second-order valence-electron chi connectivity index (χ2n) is 4.59. The van der Waals surface area contributed by atoms with Crippen molar-refractivity contribution in [3.05, 3.63) is 29.3 Å². The molecule has 2 atom stereocenters. The molecule has 4 heteroatoms. The molecule has 0 bridgehead atoms. The predicted octanol–water partition coefficient (Wildman–Crippen LogP) is 2.15. The van der Waals surface area contributed by atoms with E-state index >= 15 is 0 Å². The van der Waals surface area contributed by atoms with Gasteiger partial charge in [-0.1, -0.05) is 12.8 Å². The van der Waals surface area contributed by atoms with Crippen LogP contribution in [-0.2, 0) is 0 Å². The zero-order valence-electron chi connectivity index (χ0n) is 10.1. The van der Waals surface area contributed by atoms with Crippen molar-refractivity contribution >= 4 is 5.69 Å². The van der Waals surface area contributed by atoms with Crippen LogP contribution in [0.25, 0.3) is 0 Å². The number of aliphatic hydroxyl groups is 1. The molecule has 1 aliphatic rings. The van der Waals surface area contributed by atoms with Gasteiger partial charge in [-0.05, 0) is 31.0 Å². The third-order valence-electron chi connectivity index (χ3n) is 3.34. The van der Waals surface area contributed by atoms with Crippen molar-refractivity contribution in [2.75, 3.05) is 5.32 Å². The van der Waals surface area contributed by atoms with Crippen LogP contribution in [0.3, 0.4) is 0 Å². The minimum atomic E-state index is -0.333. The van der Waals surface area contributed by atoms with Crippen LogP contribution >= 0.6 is 0 Å². The zero-order chi connectivity index (χ0) is 13.0. The second kappa shape index (κ2) is 5.53. The first-order valence-electron chi connectivity index (χ1n) is 6.13. The lowest BCUT2D eigenvalue weighted by molar-refractivity contribution is 0.116. The Balaban J connectivity index is 2.15. The van der Waals surface area contributed by atoms with E-state index in [4.69, 9.17) is 10.5 Å². The van der Waals surface area contributed by atoms with Gasteiger partial charge in [0.15, 0.2) is 0 Å². The van der Waals surface area contributed by atoms with E-state index in [1.54, 1.807) is 18.2 Å². The van der Waals surface area contributed by atoms with Gasteiger partial charge in [-0.15, -0.1) is 0 Å². The molecular formula is C14H15N3O. The minimum absolute atomic E-state index is 0.0400. The number of hydrogen-bond acceptors (Lipinski definition) is 4. The highest BCUT2D eigenvalue weighted by molar-refractivity contribution is 5.56. The third-order valence-corrected chi connectivity index (χ3v) is 3.34. The minimum Gasteiger partial charge on any atom is -0.391 e. The zero-order valence-corrected chi connectivity index (χ0v) is 10.1. The van der Waals surface area contributed by atoms with Crippen molar-refractivity contribution in [1.82, 2.24) is 0 Å². The first-order valence-corrected chi connectivity index (χ1v) is 6.13. The fraction of sp³-hybridized carbons (Fsp3) is 0.429. The van der Waals surface area contributed by atoms with Gasteiger partial charge in [0.2, 0.25) is 0 Å². The Morgan fingerprint density at radius 3 is 2.50 bits per heavy atom. The summed E-state index contributed by atoms with van der Waals surface area (Å²) in [5, 5.41) is 30.9. The van der Waals surface area contributed by atoms with Crippen molar-refractivity contribution in [2.24, 2.45) is 0 Å². The van der Waals surface area contributed by atoms with Gasteiger partial charge in [-0.2, -0.15) is 10.5 Å². The molecule has 0 heterocycles. The van der Waals surface area contributed by atoms with Crippen molar-refractivity contribution in [1.29, 1.82) is 10.5 Å². The molecule has 1 saturated carbocycles. The molecule has 1 aliphatic carbocycles. The van der Waals surface area contributed by atoms with Gasteiger partial charge in [0.25, 0.3) is 0 Å². The SMILES string of the molecule is N#Cc1ccc(N[C@H]2CCCC[C@@H]2O)cc1C#N. The molecule has 0 spiro atoms. The Kier molecular flexibility index (Phi) is 3.82. The standard InChI is InChI=1S/C14H15N3O/c15-8-10-5-6-12(7-11(10)9-16)17-13-3-1-2-4-14(13)18/h5-7,13-14,17-18H,1-4H2/t13-,14-/m0/s1. The van der Waals surface area contributed by atoms with E-state index in [9.17, 15) is 5.11 Å². The summed E-state index contributed by atoms with van der Waals surface area (Å²) in [7, 11) is 0. The highest BCUT2D eigenvalue weighted by Gasteiger charge is 2.22. The lowest BCUT2D eigenvalue weighted by atomic mass is 9.92. The number of hydrogen-bond donors (Lipinski definition) is 2. The van der Waals surface area contributed by atoms with Crippen molar-refractivity contribution in [2.45, 2.75) is 37.8 Å². The molecule has 0 amide bonds. The molecule has 0 aliphatic heterocycles. The fourth-order valence-corrected chi connectivity index (χ4v) is 2.32. The van der Waals surface area contributed by atoms with Gasteiger partial charge < -0.3 is 10.4 Å². The maximum Gasteiger partial charge on any atom is 0.101 e. The number of nitrogens with zero attached hydrogens (tertiary/aromatic N) is 2. The van der Waals surface area contributed by atoms with Gasteiger partial charge >= 0.3 is 0 Å². The summed E-state index contributed by atoms with van der Waals surface area (Å²) in [6.45, 7) is 0.